The van der Waals surface area contributed by atoms with Crippen LogP contribution in [0, 0.1) is 16.0 Å². The third-order valence-corrected chi connectivity index (χ3v) is 4.26. The van der Waals surface area contributed by atoms with Crippen LogP contribution in [0.25, 0.3) is 0 Å². The summed E-state index contributed by atoms with van der Waals surface area (Å²) in [5, 5.41) is 14.4. The van der Waals surface area contributed by atoms with E-state index in [0.29, 0.717) is 31.2 Å². The Labute approximate surface area is 153 Å². The van der Waals surface area contributed by atoms with Crippen molar-refractivity contribution in [1.82, 2.24) is 10.2 Å². The van der Waals surface area contributed by atoms with Crippen LogP contribution in [-0.4, -0.2) is 48.0 Å². The van der Waals surface area contributed by atoms with Crippen molar-refractivity contribution >= 4 is 17.6 Å². The predicted octanol–water partition coefficient (Wildman–Crippen LogP) is 2.34. The summed E-state index contributed by atoms with van der Waals surface area (Å²) in [6.07, 6.45) is 1.68. The first-order chi connectivity index (χ1) is 12.6. The van der Waals surface area contributed by atoms with Crippen molar-refractivity contribution < 1.29 is 14.5 Å². The highest BCUT2D eigenvalue weighted by molar-refractivity contribution is 5.81. The molecule has 0 amide bonds. The Hall–Kier alpha value is -2.64. The van der Waals surface area contributed by atoms with Gasteiger partial charge in [0.2, 0.25) is 0 Å². The summed E-state index contributed by atoms with van der Waals surface area (Å²) in [5.41, 5.74) is 0.627. The fourth-order valence-corrected chi connectivity index (χ4v) is 3.03. The smallest absolute Gasteiger partial charge is 0.310 e. The van der Waals surface area contributed by atoms with Crippen molar-refractivity contribution in [2.24, 2.45) is 10.9 Å². The SMILES string of the molecule is CCNC(=NCc1ccccc1[N+](=O)[O-])N1CCCC(C(=O)OCC)C1. The fourth-order valence-electron chi connectivity index (χ4n) is 3.03. The van der Waals surface area contributed by atoms with Gasteiger partial charge in [-0.3, -0.25) is 14.9 Å². The predicted molar refractivity (Wildman–Crippen MR) is 98.8 cm³/mol. The van der Waals surface area contributed by atoms with Crippen molar-refractivity contribution in [2.45, 2.75) is 33.2 Å². The zero-order valence-electron chi connectivity index (χ0n) is 15.3. The number of ether oxygens (including phenoxy) is 1. The van der Waals surface area contributed by atoms with Crippen molar-refractivity contribution in [1.29, 1.82) is 0 Å². The quantitative estimate of drug-likeness (QED) is 0.274. The molecular formula is C18H26N4O4. The Balaban J connectivity index is 2.13. The van der Waals surface area contributed by atoms with E-state index >= 15 is 0 Å². The highest BCUT2D eigenvalue weighted by atomic mass is 16.6. The number of hydrogen-bond donors (Lipinski definition) is 1. The Morgan fingerprint density at radius 2 is 2.19 bits per heavy atom. The maximum absolute atomic E-state index is 12.0. The van der Waals surface area contributed by atoms with Crippen LogP contribution in [-0.2, 0) is 16.1 Å². The average Bonchev–Trinajstić information content (AvgIpc) is 2.65. The monoisotopic (exact) mass is 362 g/mol. The van der Waals surface area contributed by atoms with Crippen LogP contribution >= 0.6 is 0 Å². The van der Waals surface area contributed by atoms with Crippen molar-refractivity contribution in [3.05, 3.63) is 39.9 Å². The lowest BCUT2D eigenvalue weighted by Gasteiger charge is -2.34. The molecule has 0 saturated carbocycles. The summed E-state index contributed by atoms with van der Waals surface area (Å²) < 4.78 is 5.14. The van der Waals surface area contributed by atoms with E-state index in [9.17, 15) is 14.9 Å². The molecule has 0 radical (unpaired) electrons. The summed E-state index contributed by atoms with van der Waals surface area (Å²) in [6.45, 7) is 6.36. The van der Waals surface area contributed by atoms with Gasteiger partial charge in [0.05, 0.1) is 29.6 Å². The molecule has 2 rings (SSSR count). The van der Waals surface area contributed by atoms with Crippen molar-refractivity contribution in [3.8, 4) is 0 Å². The van der Waals surface area contributed by atoms with Gasteiger partial charge in [-0.2, -0.15) is 0 Å². The number of hydrogen-bond acceptors (Lipinski definition) is 5. The summed E-state index contributed by atoms with van der Waals surface area (Å²) in [4.78, 5) is 29.4. The summed E-state index contributed by atoms with van der Waals surface area (Å²) in [7, 11) is 0. The number of nitrogens with one attached hydrogen (secondary N) is 1. The molecule has 1 aromatic carbocycles. The summed E-state index contributed by atoms with van der Waals surface area (Å²) in [6, 6.07) is 6.60. The molecule has 8 nitrogen and oxygen atoms in total. The number of para-hydroxylation sites is 1. The zero-order chi connectivity index (χ0) is 18.9. The van der Waals surface area contributed by atoms with E-state index in [-0.39, 0.29) is 24.1 Å². The Bertz CT molecular complexity index is 662. The van der Waals surface area contributed by atoms with Gasteiger partial charge in [0.15, 0.2) is 5.96 Å². The van der Waals surface area contributed by atoms with E-state index in [1.165, 1.54) is 6.07 Å². The maximum Gasteiger partial charge on any atom is 0.310 e. The zero-order valence-corrected chi connectivity index (χ0v) is 15.3. The van der Waals surface area contributed by atoms with Gasteiger partial charge < -0.3 is 15.0 Å². The molecule has 1 fully saturated rings. The van der Waals surface area contributed by atoms with Crippen LogP contribution in [0.1, 0.15) is 32.3 Å². The van der Waals surface area contributed by atoms with Crippen LogP contribution in [0.2, 0.25) is 0 Å². The summed E-state index contributed by atoms with van der Waals surface area (Å²) in [5.74, 6) is 0.324. The number of piperidine rings is 1. The number of carbonyl (C=O) groups excluding carboxylic acids is 1. The topological polar surface area (TPSA) is 97.1 Å². The number of likely N-dealkylation sites (tertiary alicyclic amines) is 1. The van der Waals surface area contributed by atoms with Crippen LogP contribution in [0.15, 0.2) is 29.3 Å². The largest absolute Gasteiger partial charge is 0.466 e. The van der Waals surface area contributed by atoms with Gasteiger partial charge in [0.25, 0.3) is 5.69 Å². The lowest BCUT2D eigenvalue weighted by molar-refractivity contribution is -0.385. The molecule has 1 aliphatic rings. The number of nitrogens with zero attached hydrogens (tertiary/aromatic N) is 3. The lowest BCUT2D eigenvalue weighted by atomic mass is 9.98. The molecular weight excluding hydrogens is 336 g/mol. The van der Waals surface area contributed by atoms with Crippen LogP contribution in [0.4, 0.5) is 5.69 Å². The molecule has 0 bridgehead atoms. The molecule has 1 heterocycles. The number of guanidine groups is 1. The molecule has 1 atom stereocenters. The van der Waals surface area contributed by atoms with Gasteiger partial charge in [-0.25, -0.2) is 4.99 Å². The van der Waals surface area contributed by atoms with Crippen molar-refractivity contribution in [2.75, 3.05) is 26.2 Å². The van der Waals surface area contributed by atoms with Gasteiger partial charge in [-0.15, -0.1) is 0 Å². The third kappa shape index (κ3) is 5.18. The van der Waals surface area contributed by atoms with Crippen LogP contribution < -0.4 is 5.32 Å². The van der Waals surface area contributed by atoms with E-state index in [1.807, 2.05) is 11.8 Å². The second kappa shape index (κ2) is 9.74. The minimum Gasteiger partial charge on any atom is -0.466 e. The normalized spacial score (nSPS) is 17.7. The molecule has 26 heavy (non-hydrogen) atoms. The lowest BCUT2D eigenvalue weighted by Crippen LogP contribution is -2.48. The molecule has 0 aromatic heterocycles. The number of rotatable bonds is 6. The van der Waals surface area contributed by atoms with Crippen molar-refractivity contribution in [3.63, 3.8) is 0 Å². The number of esters is 1. The van der Waals surface area contributed by atoms with Crippen LogP contribution in [0.3, 0.4) is 0 Å². The van der Waals surface area contributed by atoms with Gasteiger partial charge in [0, 0.05) is 25.7 Å². The minimum absolute atomic E-state index is 0.0649. The number of nitro groups is 1. The second-order valence-corrected chi connectivity index (χ2v) is 6.09. The molecule has 0 spiro atoms. The maximum atomic E-state index is 12.0. The number of benzene rings is 1. The second-order valence-electron chi connectivity index (χ2n) is 6.09. The number of nitro benzene ring substituents is 1. The molecule has 1 aliphatic heterocycles. The fraction of sp³-hybridized carbons (Fsp3) is 0.556. The number of aliphatic imine (C=N–C) groups is 1. The van der Waals surface area contributed by atoms with Gasteiger partial charge >= 0.3 is 5.97 Å². The highest BCUT2D eigenvalue weighted by Crippen LogP contribution is 2.20. The standard InChI is InChI=1S/C18H26N4O4/c1-3-19-18(20-12-14-8-5-6-10-16(14)22(24)25)21-11-7-9-15(13-21)17(23)26-4-2/h5-6,8,10,15H,3-4,7,9,11-13H2,1-2H3,(H,19,20). The Kier molecular flexibility index (Phi) is 7.37. The molecule has 1 unspecified atom stereocenters. The first-order valence-electron chi connectivity index (χ1n) is 8.99. The Morgan fingerprint density at radius 1 is 1.42 bits per heavy atom. The molecule has 142 valence electrons. The molecule has 1 aromatic rings. The third-order valence-electron chi connectivity index (χ3n) is 4.26. The van der Waals surface area contributed by atoms with Gasteiger partial charge in [-0.1, -0.05) is 18.2 Å². The number of carbonyl (C=O) groups is 1. The molecule has 1 N–H and O–H groups in total. The van der Waals surface area contributed by atoms with E-state index < -0.39 is 4.92 Å². The molecule has 1 saturated heterocycles. The van der Waals surface area contributed by atoms with Gasteiger partial charge in [0.1, 0.15) is 0 Å². The first kappa shape index (κ1) is 19.7. The Morgan fingerprint density at radius 3 is 2.88 bits per heavy atom. The molecule has 0 aliphatic carbocycles. The average molecular weight is 362 g/mol. The highest BCUT2D eigenvalue weighted by Gasteiger charge is 2.28. The van der Waals surface area contributed by atoms with Gasteiger partial charge in [-0.05, 0) is 26.7 Å². The van der Waals surface area contributed by atoms with E-state index in [1.54, 1.807) is 25.1 Å². The molecule has 8 heteroatoms. The van der Waals surface area contributed by atoms with E-state index in [4.69, 9.17) is 4.74 Å². The van der Waals surface area contributed by atoms with E-state index in [2.05, 4.69) is 10.3 Å². The van der Waals surface area contributed by atoms with E-state index in [0.717, 1.165) is 19.4 Å². The first-order valence-corrected chi connectivity index (χ1v) is 8.99. The minimum atomic E-state index is -0.393. The summed E-state index contributed by atoms with van der Waals surface area (Å²) >= 11 is 0. The van der Waals surface area contributed by atoms with Crippen LogP contribution in [0.5, 0.6) is 0 Å².